The molecule has 0 aromatic heterocycles. The number of nitrogens with two attached hydrogens (primary N) is 1. The normalized spacial score (nSPS) is 26.6. The Balaban J connectivity index is 2.44. The molecule has 1 fully saturated rings. The van der Waals surface area contributed by atoms with Crippen molar-refractivity contribution in [3.63, 3.8) is 0 Å². The predicted octanol–water partition coefficient (Wildman–Crippen LogP) is 0.0529. The molecular formula is C11H24N2O2. The number of hydrogen-bond donors (Lipinski definition) is 2. The number of aliphatic hydroxyl groups is 1. The van der Waals surface area contributed by atoms with Crippen LogP contribution in [0.3, 0.4) is 0 Å². The van der Waals surface area contributed by atoms with E-state index in [1.807, 2.05) is 6.92 Å². The lowest BCUT2D eigenvalue weighted by molar-refractivity contribution is -0.0616. The SMILES string of the molecule is CC(N)C(C)(C)CN1CCOC(CO)C1. The molecule has 1 heterocycles. The molecule has 15 heavy (non-hydrogen) atoms. The Kier molecular flexibility index (Phi) is 4.52. The lowest BCUT2D eigenvalue weighted by Crippen LogP contribution is -2.50. The van der Waals surface area contributed by atoms with Gasteiger partial charge in [0.05, 0.1) is 19.3 Å². The third-order valence-electron chi connectivity index (χ3n) is 3.29. The number of rotatable bonds is 4. The van der Waals surface area contributed by atoms with Crippen LogP contribution in [0.5, 0.6) is 0 Å². The third-order valence-corrected chi connectivity index (χ3v) is 3.29. The maximum Gasteiger partial charge on any atom is 0.0932 e. The lowest BCUT2D eigenvalue weighted by Gasteiger charge is -2.39. The van der Waals surface area contributed by atoms with E-state index in [-0.39, 0.29) is 24.2 Å². The first-order valence-electron chi connectivity index (χ1n) is 5.66. The summed E-state index contributed by atoms with van der Waals surface area (Å²) in [6.45, 7) is 9.94. The molecule has 0 amide bonds. The fourth-order valence-corrected chi connectivity index (χ4v) is 1.75. The van der Waals surface area contributed by atoms with E-state index < -0.39 is 0 Å². The highest BCUT2D eigenvalue weighted by Crippen LogP contribution is 2.21. The van der Waals surface area contributed by atoms with Crippen molar-refractivity contribution in [3.8, 4) is 0 Å². The molecule has 4 nitrogen and oxygen atoms in total. The molecule has 90 valence electrons. The van der Waals surface area contributed by atoms with Gasteiger partial charge in [0.25, 0.3) is 0 Å². The molecule has 4 heteroatoms. The quantitative estimate of drug-likeness (QED) is 0.697. The molecule has 3 N–H and O–H groups in total. The maximum atomic E-state index is 9.04. The zero-order valence-electron chi connectivity index (χ0n) is 10.1. The van der Waals surface area contributed by atoms with E-state index in [0.717, 1.165) is 19.6 Å². The van der Waals surface area contributed by atoms with E-state index in [9.17, 15) is 0 Å². The summed E-state index contributed by atoms with van der Waals surface area (Å²) in [5.41, 5.74) is 6.06. The van der Waals surface area contributed by atoms with Crippen LogP contribution in [-0.4, -0.2) is 55.0 Å². The largest absolute Gasteiger partial charge is 0.394 e. The Labute approximate surface area is 92.4 Å². The first kappa shape index (κ1) is 12.9. The zero-order valence-corrected chi connectivity index (χ0v) is 10.1. The van der Waals surface area contributed by atoms with Crippen molar-refractivity contribution < 1.29 is 9.84 Å². The Hall–Kier alpha value is -0.160. The van der Waals surface area contributed by atoms with Gasteiger partial charge in [-0.3, -0.25) is 4.90 Å². The molecule has 1 aliphatic heterocycles. The van der Waals surface area contributed by atoms with E-state index in [1.165, 1.54) is 0 Å². The fourth-order valence-electron chi connectivity index (χ4n) is 1.75. The van der Waals surface area contributed by atoms with Gasteiger partial charge >= 0.3 is 0 Å². The van der Waals surface area contributed by atoms with Gasteiger partial charge in [0.15, 0.2) is 0 Å². The zero-order chi connectivity index (χ0) is 11.5. The molecule has 0 saturated carbocycles. The standard InChI is InChI=1S/C11H24N2O2/c1-9(12)11(2,3)8-13-4-5-15-10(6-13)7-14/h9-10,14H,4-8,12H2,1-3H3. The molecule has 1 saturated heterocycles. The molecule has 2 unspecified atom stereocenters. The van der Waals surface area contributed by atoms with Gasteiger partial charge < -0.3 is 15.6 Å². The van der Waals surface area contributed by atoms with Gasteiger partial charge in [-0.05, 0) is 12.3 Å². The highest BCUT2D eigenvalue weighted by Gasteiger charge is 2.28. The minimum absolute atomic E-state index is 0.0253. The monoisotopic (exact) mass is 216 g/mol. The van der Waals surface area contributed by atoms with Crippen LogP contribution in [0.25, 0.3) is 0 Å². The highest BCUT2D eigenvalue weighted by molar-refractivity contribution is 4.83. The smallest absolute Gasteiger partial charge is 0.0932 e. The van der Waals surface area contributed by atoms with Crippen molar-refractivity contribution in [1.82, 2.24) is 4.90 Å². The van der Waals surface area contributed by atoms with Crippen molar-refractivity contribution in [2.75, 3.05) is 32.8 Å². The number of nitrogens with zero attached hydrogens (tertiary/aromatic N) is 1. The second-order valence-corrected chi connectivity index (χ2v) is 5.19. The molecule has 0 aromatic rings. The topological polar surface area (TPSA) is 58.7 Å². The van der Waals surface area contributed by atoms with Crippen molar-refractivity contribution in [2.45, 2.75) is 32.9 Å². The first-order chi connectivity index (χ1) is 6.95. The van der Waals surface area contributed by atoms with E-state index >= 15 is 0 Å². The lowest BCUT2D eigenvalue weighted by atomic mass is 9.85. The molecule has 0 aliphatic carbocycles. The van der Waals surface area contributed by atoms with Crippen LogP contribution in [0.2, 0.25) is 0 Å². The predicted molar refractivity (Wildman–Crippen MR) is 60.7 cm³/mol. The molecule has 0 radical (unpaired) electrons. The van der Waals surface area contributed by atoms with E-state index in [0.29, 0.717) is 6.61 Å². The summed E-state index contributed by atoms with van der Waals surface area (Å²) in [7, 11) is 0. The van der Waals surface area contributed by atoms with E-state index in [2.05, 4.69) is 18.7 Å². The fraction of sp³-hybridized carbons (Fsp3) is 1.00. The molecular weight excluding hydrogens is 192 g/mol. The summed E-state index contributed by atoms with van der Waals surface area (Å²) in [6, 6.07) is 0.174. The molecule has 2 atom stereocenters. The summed E-state index contributed by atoms with van der Waals surface area (Å²) in [5.74, 6) is 0. The van der Waals surface area contributed by atoms with Crippen LogP contribution in [0.4, 0.5) is 0 Å². The van der Waals surface area contributed by atoms with Crippen LogP contribution in [0.1, 0.15) is 20.8 Å². The van der Waals surface area contributed by atoms with Gasteiger partial charge in [-0.15, -0.1) is 0 Å². The highest BCUT2D eigenvalue weighted by atomic mass is 16.5. The van der Waals surface area contributed by atoms with Gasteiger partial charge in [0.1, 0.15) is 0 Å². The molecule has 1 aliphatic rings. The van der Waals surface area contributed by atoms with Crippen molar-refractivity contribution >= 4 is 0 Å². The minimum atomic E-state index is -0.0253. The van der Waals surface area contributed by atoms with Gasteiger partial charge in [-0.25, -0.2) is 0 Å². The third kappa shape index (κ3) is 3.72. The summed E-state index contributed by atoms with van der Waals surface area (Å²) in [5, 5.41) is 9.04. The van der Waals surface area contributed by atoms with E-state index in [4.69, 9.17) is 15.6 Å². The summed E-state index contributed by atoms with van der Waals surface area (Å²) >= 11 is 0. The number of morpholine rings is 1. The van der Waals surface area contributed by atoms with Crippen molar-refractivity contribution in [2.24, 2.45) is 11.1 Å². The molecule has 0 bridgehead atoms. The van der Waals surface area contributed by atoms with Gasteiger partial charge in [-0.1, -0.05) is 13.8 Å². The Bertz CT molecular complexity index is 195. The first-order valence-corrected chi connectivity index (χ1v) is 5.66. The number of hydrogen-bond acceptors (Lipinski definition) is 4. The van der Waals surface area contributed by atoms with Crippen molar-refractivity contribution in [1.29, 1.82) is 0 Å². The second-order valence-electron chi connectivity index (χ2n) is 5.19. The van der Waals surface area contributed by atoms with E-state index in [1.54, 1.807) is 0 Å². The number of aliphatic hydroxyl groups excluding tert-OH is 1. The Morgan fingerprint density at radius 3 is 2.80 bits per heavy atom. The van der Waals surface area contributed by atoms with Crippen LogP contribution < -0.4 is 5.73 Å². The maximum absolute atomic E-state index is 9.04. The molecule has 1 rings (SSSR count). The Morgan fingerprint density at radius 1 is 1.60 bits per heavy atom. The van der Waals surface area contributed by atoms with Gasteiger partial charge in [0.2, 0.25) is 0 Å². The van der Waals surface area contributed by atoms with Crippen LogP contribution >= 0.6 is 0 Å². The summed E-state index contributed by atoms with van der Waals surface area (Å²) in [6.07, 6.45) is -0.0253. The average molecular weight is 216 g/mol. The Morgan fingerprint density at radius 2 is 2.27 bits per heavy atom. The van der Waals surface area contributed by atoms with Crippen LogP contribution in [0.15, 0.2) is 0 Å². The molecule has 0 spiro atoms. The average Bonchev–Trinajstić information content (AvgIpc) is 2.17. The molecule has 0 aromatic carbocycles. The van der Waals surface area contributed by atoms with Gasteiger partial charge in [-0.2, -0.15) is 0 Å². The minimum Gasteiger partial charge on any atom is -0.394 e. The van der Waals surface area contributed by atoms with Crippen LogP contribution in [-0.2, 0) is 4.74 Å². The second kappa shape index (κ2) is 5.25. The van der Waals surface area contributed by atoms with Crippen molar-refractivity contribution in [3.05, 3.63) is 0 Å². The van der Waals surface area contributed by atoms with Gasteiger partial charge in [0, 0.05) is 25.7 Å². The van der Waals surface area contributed by atoms with Crippen LogP contribution in [0, 0.1) is 5.41 Å². The summed E-state index contributed by atoms with van der Waals surface area (Å²) < 4.78 is 5.41. The number of ether oxygens (including phenoxy) is 1. The summed E-state index contributed by atoms with van der Waals surface area (Å²) in [4.78, 5) is 2.33.